The fraction of sp³-hybridized carbons (Fsp3) is 0.500. The van der Waals surface area contributed by atoms with E-state index in [4.69, 9.17) is 5.73 Å². The first-order valence-electron chi connectivity index (χ1n) is 4.98. The molecule has 15 heavy (non-hydrogen) atoms. The zero-order valence-corrected chi connectivity index (χ0v) is 8.97. The monoisotopic (exact) mass is 208 g/mol. The van der Waals surface area contributed by atoms with Crippen LogP contribution in [0.3, 0.4) is 0 Å². The molecule has 0 spiro atoms. The van der Waals surface area contributed by atoms with Crippen molar-refractivity contribution in [1.29, 1.82) is 0 Å². The first-order chi connectivity index (χ1) is 7.15. The number of nitrogens with zero attached hydrogens (tertiary/aromatic N) is 2. The highest BCUT2D eigenvalue weighted by atomic mass is 16.1. The van der Waals surface area contributed by atoms with Gasteiger partial charge in [-0.15, -0.1) is 0 Å². The molecule has 0 saturated carbocycles. The number of aromatic nitrogens is 2. The minimum Gasteiger partial charge on any atom is -0.368 e. The predicted molar refractivity (Wildman–Crippen MR) is 58.1 cm³/mol. The molecule has 0 radical (unpaired) electrons. The van der Waals surface area contributed by atoms with E-state index in [-0.39, 0.29) is 11.8 Å². The Morgan fingerprint density at radius 3 is 2.60 bits per heavy atom. The minimum atomic E-state index is -0.419. The van der Waals surface area contributed by atoms with E-state index >= 15 is 0 Å². The number of anilines is 1. The molecule has 82 valence electrons. The summed E-state index contributed by atoms with van der Waals surface area (Å²) in [6.07, 6.45) is 4.10. The fourth-order valence-electron chi connectivity index (χ4n) is 1.24. The van der Waals surface area contributed by atoms with Gasteiger partial charge in [0.05, 0.1) is 0 Å². The molecule has 0 aromatic carbocycles. The van der Waals surface area contributed by atoms with E-state index in [9.17, 15) is 4.79 Å². The second kappa shape index (κ2) is 5.29. The van der Waals surface area contributed by atoms with Crippen LogP contribution < -0.4 is 11.1 Å². The second-order valence-corrected chi connectivity index (χ2v) is 3.48. The molecule has 5 heteroatoms. The Labute approximate surface area is 89.1 Å². The molecular formula is C10H16N4O. The molecule has 1 amide bonds. The van der Waals surface area contributed by atoms with Crippen molar-refractivity contribution < 1.29 is 4.79 Å². The van der Waals surface area contributed by atoms with Crippen molar-refractivity contribution in [3.05, 3.63) is 18.5 Å². The van der Waals surface area contributed by atoms with Crippen molar-refractivity contribution in [2.24, 2.45) is 11.7 Å². The van der Waals surface area contributed by atoms with Crippen molar-refractivity contribution >= 4 is 11.9 Å². The van der Waals surface area contributed by atoms with E-state index in [0.29, 0.717) is 5.95 Å². The van der Waals surface area contributed by atoms with E-state index < -0.39 is 6.04 Å². The first-order valence-corrected chi connectivity index (χ1v) is 4.98. The SMILES string of the molecule is CCC(C)C(Nc1ncccn1)C(N)=O. The van der Waals surface area contributed by atoms with Crippen LogP contribution in [0.25, 0.3) is 0 Å². The highest BCUT2D eigenvalue weighted by molar-refractivity contribution is 5.82. The van der Waals surface area contributed by atoms with E-state index in [1.54, 1.807) is 18.5 Å². The van der Waals surface area contributed by atoms with Gasteiger partial charge in [-0.25, -0.2) is 9.97 Å². The maximum Gasteiger partial charge on any atom is 0.240 e. The average molecular weight is 208 g/mol. The van der Waals surface area contributed by atoms with Crippen molar-refractivity contribution in [2.45, 2.75) is 26.3 Å². The standard InChI is InChI=1S/C10H16N4O/c1-3-7(2)8(9(11)15)14-10-12-5-4-6-13-10/h4-8H,3H2,1-2H3,(H2,11,15)(H,12,13,14). The van der Waals surface area contributed by atoms with Crippen LogP contribution >= 0.6 is 0 Å². The van der Waals surface area contributed by atoms with Gasteiger partial charge in [0, 0.05) is 12.4 Å². The van der Waals surface area contributed by atoms with Gasteiger partial charge >= 0.3 is 0 Å². The zero-order chi connectivity index (χ0) is 11.3. The maximum absolute atomic E-state index is 11.2. The maximum atomic E-state index is 11.2. The summed E-state index contributed by atoms with van der Waals surface area (Å²) < 4.78 is 0. The Bertz CT molecular complexity index is 314. The summed E-state index contributed by atoms with van der Waals surface area (Å²) in [6, 6.07) is 1.30. The fourth-order valence-corrected chi connectivity index (χ4v) is 1.24. The molecule has 3 N–H and O–H groups in total. The summed E-state index contributed by atoms with van der Waals surface area (Å²) in [5, 5.41) is 2.93. The summed E-state index contributed by atoms with van der Waals surface area (Å²) >= 11 is 0. The lowest BCUT2D eigenvalue weighted by Crippen LogP contribution is -2.40. The molecule has 1 aromatic heterocycles. The lowest BCUT2D eigenvalue weighted by molar-refractivity contribution is -0.119. The summed E-state index contributed by atoms with van der Waals surface area (Å²) in [6.45, 7) is 3.97. The molecule has 1 heterocycles. The second-order valence-electron chi connectivity index (χ2n) is 3.48. The quantitative estimate of drug-likeness (QED) is 0.749. The van der Waals surface area contributed by atoms with Gasteiger partial charge in [0.15, 0.2) is 0 Å². The number of hydrogen-bond acceptors (Lipinski definition) is 4. The van der Waals surface area contributed by atoms with Gasteiger partial charge < -0.3 is 11.1 Å². The van der Waals surface area contributed by atoms with E-state index in [2.05, 4.69) is 15.3 Å². The molecular weight excluding hydrogens is 192 g/mol. The Morgan fingerprint density at radius 2 is 2.13 bits per heavy atom. The lowest BCUT2D eigenvalue weighted by Gasteiger charge is -2.20. The number of rotatable bonds is 5. The van der Waals surface area contributed by atoms with Gasteiger partial charge in [-0.2, -0.15) is 0 Å². The molecule has 0 aliphatic rings. The van der Waals surface area contributed by atoms with Gasteiger partial charge in [-0.3, -0.25) is 4.79 Å². The highest BCUT2D eigenvalue weighted by Gasteiger charge is 2.21. The molecule has 1 rings (SSSR count). The zero-order valence-electron chi connectivity index (χ0n) is 8.97. The third-order valence-electron chi connectivity index (χ3n) is 2.37. The minimum absolute atomic E-state index is 0.159. The van der Waals surface area contributed by atoms with Crippen LogP contribution in [0.4, 0.5) is 5.95 Å². The largest absolute Gasteiger partial charge is 0.368 e. The molecule has 0 saturated heterocycles. The van der Waals surface area contributed by atoms with Gasteiger partial charge in [0.2, 0.25) is 11.9 Å². The first kappa shape index (κ1) is 11.4. The lowest BCUT2D eigenvalue weighted by atomic mass is 9.99. The highest BCUT2D eigenvalue weighted by Crippen LogP contribution is 2.11. The molecule has 1 aromatic rings. The van der Waals surface area contributed by atoms with Crippen LogP contribution in [0.15, 0.2) is 18.5 Å². The Morgan fingerprint density at radius 1 is 1.53 bits per heavy atom. The Balaban J connectivity index is 2.71. The smallest absolute Gasteiger partial charge is 0.240 e. The Kier molecular flexibility index (Phi) is 4.03. The number of nitrogens with two attached hydrogens (primary N) is 1. The average Bonchev–Trinajstić information content (AvgIpc) is 2.26. The molecule has 0 aliphatic heterocycles. The number of carbonyl (C=O) groups is 1. The molecule has 0 fully saturated rings. The third-order valence-corrected chi connectivity index (χ3v) is 2.37. The van der Waals surface area contributed by atoms with Crippen LogP contribution in [0.1, 0.15) is 20.3 Å². The predicted octanol–water partition coefficient (Wildman–Crippen LogP) is 0.788. The van der Waals surface area contributed by atoms with Gasteiger partial charge in [0.25, 0.3) is 0 Å². The van der Waals surface area contributed by atoms with Gasteiger partial charge in [0.1, 0.15) is 6.04 Å². The van der Waals surface area contributed by atoms with Crippen LogP contribution in [-0.2, 0) is 4.79 Å². The number of nitrogens with one attached hydrogen (secondary N) is 1. The molecule has 0 bridgehead atoms. The van der Waals surface area contributed by atoms with E-state index in [0.717, 1.165) is 6.42 Å². The molecule has 2 atom stereocenters. The molecule has 2 unspecified atom stereocenters. The van der Waals surface area contributed by atoms with Gasteiger partial charge in [-0.1, -0.05) is 20.3 Å². The van der Waals surface area contributed by atoms with Crippen molar-refractivity contribution in [3.8, 4) is 0 Å². The van der Waals surface area contributed by atoms with E-state index in [1.165, 1.54) is 0 Å². The van der Waals surface area contributed by atoms with Crippen molar-refractivity contribution in [1.82, 2.24) is 9.97 Å². The normalized spacial score (nSPS) is 14.3. The number of carbonyl (C=O) groups excluding carboxylic acids is 1. The van der Waals surface area contributed by atoms with Gasteiger partial charge in [-0.05, 0) is 12.0 Å². The summed E-state index contributed by atoms with van der Waals surface area (Å²) in [5.41, 5.74) is 5.30. The number of amides is 1. The summed E-state index contributed by atoms with van der Waals surface area (Å²) in [5.74, 6) is 0.213. The van der Waals surface area contributed by atoms with Crippen LogP contribution in [-0.4, -0.2) is 21.9 Å². The van der Waals surface area contributed by atoms with E-state index in [1.807, 2.05) is 13.8 Å². The third kappa shape index (κ3) is 3.19. The molecule has 5 nitrogen and oxygen atoms in total. The number of hydrogen-bond donors (Lipinski definition) is 2. The van der Waals surface area contributed by atoms with Crippen LogP contribution in [0.5, 0.6) is 0 Å². The summed E-state index contributed by atoms with van der Waals surface area (Å²) in [4.78, 5) is 19.2. The summed E-state index contributed by atoms with van der Waals surface area (Å²) in [7, 11) is 0. The van der Waals surface area contributed by atoms with Crippen molar-refractivity contribution in [2.75, 3.05) is 5.32 Å². The van der Waals surface area contributed by atoms with Crippen LogP contribution in [0, 0.1) is 5.92 Å². The molecule has 0 aliphatic carbocycles. The number of primary amides is 1. The topological polar surface area (TPSA) is 80.9 Å². The van der Waals surface area contributed by atoms with Crippen LogP contribution in [0.2, 0.25) is 0 Å². The van der Waals surface area contributed by atoms with Crippen molar-refractivity contribution in [3.63, 3.8) is 0 Å². The Hall–Kier alpha value is -1.65.